The Hall–Kier alpha value is -6.38. The maximum Gasteiger partial charge on any atom is 0.490 e. The maximum atomic E-state index is 14.2. The van der Waals surface area contributed by atoms with Gasteiger partial charge in [-0.2, -0.15) is 22.7 Å². The number of phenolic OH excluding ortho intramolecular Hbond substituents is 1. The number of benzene rings is 3. The minimum Gasteiger partial charge on any atom is -0.503 e. The predicted octanol–water partition coefficient (Wildman–Crippen LogP) is 7.94. The Kier molecular flexibility index (Phi) is 15.2. The lowest BCUT2D eigenvalue weighted by molar-refractivity contribution is -0.192. The number of anilines is 2. The Bertz CT molecular complexity index is 2650. The Morgan fingerprint density at radius 1 is 0.831 bits per heavy atom. The molecule has 4 heterocycles. The van der Waals surface area contributed by atoms with Crippen LogP contribution in [0.1, 0.15) is 103 Å². The summed E-state index contributed by atoms with van der Waals surface area (Å²) in [6.45, 7) is 9.05. The van der Waals surface area contributed by atoms with Gasteiger partial charge in [0.05, 0.1) is 17.1 Å². The average molecular weight is 997 g/mol. The number of urea groups is 1. The molecule has 4 N–H and O–H groups in total. The van der Waals surface area contributed by atoms with Crippen LogP contribution in [0.15, 0.2) is 48.7 Å². The van der Waals surface area contributed by atoms with Crippen LogP contribution in [0.2, 0.25) is 0 Å². The summed E-state index contributed by atoms with van der Waals surface area (Å²) in [6, 6.07) is 12.3. The molecule has 5 amide bonds. The average Bonchev–Trinajstić information content (AvgIpc) is 3.79. The molecule has 2 aliphatic carbocycles. The van der Waals surface area contributed by atoms with Gasteiger partial charge in [0.2, 0.25) is 11.7 Å². The third kappa shape index (κ3) is 11.7. The van der Waals surface area contributed by atoms with Crippen LogP contribution in [0.4, 0.5) is 42.5 Å². The van der Waals surface area contributed by atoms with Crippen molar-refractivity contribution in [2.45, 2.75) is 89.8 Å². The Labute approximate surface area is 406 Å². The number of hydrogen-bond donors (Lipinski definition) is 4. The molecule has 3 aliphatic heterocycles. The van der Waals surface area contributed by atoms with Gasteiger partial charge in [0.25, 0.3) is 11.8 Å². The first-order valence-corrected chi connectivity index (χ1v) is 24.2. The second-order valence-electron chi connectivity index (χ2n) is 19.7. The Morgan fingerprint density at radius 2 is 1.51 bits per heavy atom. The number of likely N-dealkylation sites (tertiary alicyclic amines) is 1. The lowest BCUT2D eigenvalue weighted by atomic mass is 9.65. The first-order valence-electron chi connectivity index (χ1n) is 24.2. The molecule has 0 radical (unpaired) electrons. The number of amides is 5. The summed E-state index contributed by atoms with van der Waals surface area (Å²) in [5.74, 6) is -9.30. The number of rotatable bonds is 9. The molecule has 382 valence electrons. The molecule has 9 rings (SSSR count). The van der Waals surface area contributed by atoms with E-state index in [-0.39, 0.29) is 36.7 Å². The molecule has 1 spiro atoms. The van der Waals surface area contributed by atoms with Crippen molar-refractivity contribution >= 4 is 52.0 Å². The van der Waals surface area contributed by atoms with E-state index in [0.717, 1.165) is 101 Å². The largest absolute Gasteiger partial charge is 0.503 e. The first kappa shape index (κ1) is 51.0. The summed E-state index contributed by atoms with van der Waals surface area (Å²) in [5.41, 5.74) is 3.81. The number of piperidine rings is 1. The van der Waals surface area contributed by atoms with Crippen molar-refractivity contribution in [2.24, 2.45) is 17.3 Å². The fourth-order valence-electron chi connectivity index (χ4n) is 10.8. The van der Waals surface area contributed by atoms with E-state index >= 15 is 0 Å². The number of halogens is 6. The highest BCUT2D eigenvalue weighted by molar-refractivity contribution is 6.06. The molecule has 0 atom stereocenters. The molecule has 0 unspecified atom stereocenters. The number of carbonyl (C=O) groups is 5. The Morgan fingerprint density at radius 3 is 2.15 bits per heavy atom. The van der Waals surface area contributed by atoms with E-state index in [2.05, 4.69) is 49.5 Å². The highest BCUT2D eigenvalue weighted by Crippen LogP contribution is 2.47. The van der Waals surface area contributed by atoms with Crippen LogP contribution >= 0.6 is 0 Å². The molecular formula is C50H58F6N8O7. The lowest BCUT2D eigenvalue weighted by Crippen LogP contribution is -2.50. The summed E-state index contributed by atoms with van der Waals surface area (Å²) in [6.07, 6.45) is 7.49. The molecule has 21 heteroatoms. The van der Waals surface area contributed by atoms with E-state index in [1.54, 1.807) is 11.0 Å². The quantitative estimate of drug-likeness (QED) is 0.0950. The van der Waals surface area contributed by atoms with E-state index in [9.17, 15) is 50.6 Å². The minimum atomic E-state index is -5.08. The van der Waals surface area contributed by atoms with Gasteiger partial charge in [-0.15, -0.1) is 0 Å². The van der Waals surface area contributed by atoms with Crippen LogP contribution in [0.3, 0.4) is 0 Å². The van der Waals surface area contributed by atoms with Gasteiger partial charge in [0.15, 0.2) is 17.4 Å². The van der Waals surface area contributed by atoms with Crippen molar-refractivity contribution in [3.63, 3.8) is 0 Å². The van der Waals surface area contributed by atoms with E-state index in [1.165, 1.54) is 31.4 Å². The maximum absolute atomic E-state index is 14.2. The van der Waals surface area contributed by atoms with Crippen molar-refractivity contribution in [3.05, 3.63) is 82.8 Å². The number of fused-ring (bicyclic) bond motifs is 1. The van der Waals surface area contributed by atoms with Crippen molar-refractivity contribution < 1.29 is 60.5 Å². The number of aryl methyl sites for hydroxylation is 1. The van der Waals surface area contributed by atoms with Crippen molar-refractivity contribution in [2.75, 3.05) is 68.7 Å². The monoisotopic (exact) mass is 996 g/mol. The molecule has 15 nitrogen and oxygen atoms in total. The fraction of sp³-hybridized carbons (Fsp3) is 0.520. The van der Waals surface area contributed by atoms with E-state index < -0.39 is 52.8 Å². The molecule has 5 fully saturated rings. The number of aromatic nitrogens is 2. The number of carboxylic acid groups (broad SMARTS) is 1. The molecular weight excluding hydrogens is 939 g/mol. The number of phenols is 1. The smallest absolute Gasteiger partial charge is 0.490 e. The van der Waals surface area contributed by atoms with Crippen molar-refractivity contribution in [3.8, 4) is 5.75 Å². The fourth-order valence-corrected chi connectivity index (χ4v) is 10.8. The molecule has 5 aliphatic rings. The molecule has 0 bridgehead atoms. The molecule has 3 saturated heterocycles. The lowest BCUT2D eigenvalue weighted by Gasteiger charge is -2.47. The first-order chi connectivity index (χ1) is 33.8. The van der Waals surface area contributed by atoms with Gasteiger partial charge in [-0.3, -0.25) is 34.2 Å². The van der Waals surface area contributed by atoms with E-state index in [0.29, 0.717) is 35.2 Å². The summed E-state index contributed by atoms with van der Waals surface area (Å²) >= 11 is 0. The summed E-state index contributed by atoms with van der Waals surface area (Å²) in [7, 11) is 0. The van der Waals surface area contributed by atoms with Crippen LogP contribution < -0.4 is 20.4 Å². The number of aromatic hydroxyl groups is 1. The van der Waals surface area contributed by atoms with E-state index in [4.69, 9.17) is 15.0 Å². The second-order valence-corrected chi connectivity index (χ2v) is 19.7. The van der Waals surface area contributed by atoms with Crippen molar-refractivity contribution in [1.82, 2.24) is 30.2 Å². The number of piperazine rings is 1. The van der Waals surface area contributed by atoms with Gasteiger partial charge in [0.1, 0.15) is 0 Å². The SMILES string of the molecule is Cc1ccc(C(=O)N2CCC3(CCC(CN4CCN(c5ccc6cn(C7CCC(CNC(=O)c8cc(F)c(O)c(F)c8F)CC7)nc6c5)CC4)CC3)CC2)cc1N1CCC(=O)NC1=O.O=C(O)C(F)(F)F. The number of nitrogens with zero attached hydrogens (tertiary/aromatic N) is 6. The van der Waals surface area contributed by atoms with Crippen LogP contribution in [0, 0.1) is 41.6 Å². The zero-order valence-corrected chi connectivity index (χ0v) is 39.4. The molecule has 4 aromatic rings. The molecule has 2 saturated carbocycles. The van der Waals surface area contributed by atoms with Gasteiger partial charge in [-0.1, -0.05) is 6.07 Å². The number of hydrogen-bond acceptors (Lipinski definition) is 9. The van der Waals surface area contributed by atoms with Gasteiger partial charge in [0, 0.05) is 93.8 Å². The second kappa shape index (κ2) is 21.1. The van der Waals surface area contributed by atoms with Crippen LogP contribution in [0.5, 0.6) is 5.75 Å². The van der Waals surface area contributed by atoms with Crippen LogP contribution in [-0.4, -0.2) is 125 Å². The number of nitrogens with one attached hydrogen (secondary N) is 2. The number of imide groups is 1. The van der Waals surface area contributed by atoms with Gasteiger partial charge >= 0.3 is 18.2 Å². The number of aliphatic carboxylic acids is 1. The molecule has 71 heavy (non-hydrogen) atoms. The number of alkyl halides is 3. The van der Waals surface area contributed by atoms with Crippen molar-refractivity contribution in [1.29, 1.82) is 0 Å². The molecule has 3 aromatic carbocycles. The van der Waals surface area contributed by atoms with E-state index in [1.807, 2.05) is 24.0 Å². The zero-order valence-electron chi connectivity index (χ0n) is 39.4. The normalized spacial score (nSPS) is 21.2. The van der Waals surface area contributed by atoms with Gasteiger partial charge < -0.3 is 25.3 Å². The summed E-state index contributed by atoms with van der Waals surface area (Å²) in [5, 5.41) is 27.4. The predicted molar refractivity (Wildman–Crippen MR) is 250 cm³/mol. The zero-order chi connectivity index (χ0) is 50.8. The van der Waals surface area contributed by atoms with Crippen LogP contribution in [-0.2, 0) is 9.59 Å². The highest BCUT2D eigenvalue weighted by atomic mass is 19.4. The highest BCUT2D eigenvalue weighted by Gasteiger charge is 2.40. The minimum absolute atomic E-state index is 0.00130. The third-order valence-electron chi connectivity index (χ3n) is 15.2. The summed E-state index contributed by atoms with van der Waals surface area (Å²) in [4.78, 5) is 67.9. The molecule has 1 aromatic heterocycles. The van der Waals surface area contributed by atoms with Crippen LogP contribution in [0.25, 0.3) is 10.9 Å². The third-order valence-corrected chi connectivity index (χ3v) is 15.2. The standard InChI is InChI=1S/C48H57F3N8O5.C2HF3O2/c1-30-2-5-33(24-40(30)58-17-12-41(60)53-47(58)64)46(63)57-18-15-48(16-19-57)13-10-32(11-14-48)28-55-20-22-56(23-21-55)36-9-6-34-29-59(54-39(34)25-36)35-7-3-31(4-8-35)27-52-45(62)37-26-38(49)44(61)43(51)42(37)50;3-2(4,5)1(6)7/h2,5-6,9,24-26,29,31-32,35,61H,3-4,7-8,10-23,27-28H2,1H3,(H,52,62)(H,53,60,64);(H,6,7). The Balaban J connectivity index is 0.000000900. The summed E-state index contributed by atoms with van der Waals surface area (Å²) < 4.78 is 75.5. The number of carboxylic acids is 1. The topological polar surface area (TPSA) is 181 Å². The van der Waals surface area contributed by atoms with Gasteiger partial charge in [-0.25, -0.2) is 18.4 Å². The van der Waals surface area contributed by atoms with Gasteiger partial charge in [-0.05, 0) is 130 Å². The number of carbonyl (C=O) groups excluding carboxylic acids is 4.